The van der Waals surface area contributed by atoms with Gasteiger partial charge >= 0.3 is 0 Å². The number of nitrogens with one attached hydrogen (secondary N) is 1. The molecule has 102 valence electrons. The van der Waals surface area contributed by atoms with Gasteiger partial charge < -0.3 is 14.6 Å². The fraction of sp³-hybridized carbons (Fsp3) is 0.615. The van der Waals surface area contributed by atoms with Gasteiger partial charge in [0.15, 0.2) is 11.5 Å². The first-order valence-corrected chi connectivity index (χ1v) is 6.89. The minimum atomic E-state index is 0.307. The lowest BCUT2D eigenvalue weighted by Crippen LogP contribution is -2.40. The summed E-state index contributed by atoms with van der Waals surface area (Å²) in [5, 5.41) is 0. The number of anilines is 1. The Labute approximate surface area is 112 Å². The number of hydrogen-bond acceptors (Lipinski definition) is 5. The molecule has 0 saturated carbocycles. The molecule has 1 atom stereocenters. The van der Waals surface area contributed by atoms with Crippen LogP contribution < -0.4 is 4.90 Å². The Morgan fingerprint density at radius 2 is 2.37 bits per heavy atom. The molecule has 1 N–H and O–H groups in total. The molecular formula is C13H19N5O. The number of fused-ring (bicyclic) bond motifs is 1. The number of imidazole rings is 1. The van der Waals surface area contributed by atoms with Gasteiger partial charge in [-0.15, -0.1) is 0 Å². The van der Waals surface area contributed by atoms with Crippen molar-refractivity contribution in [1.29, 1.82) is 0 Å². The summed E-state index contributed by atoms with van der Waals surface area (Å²) in [5.74, 6) is 0.937. The molecule has 0 bridgehead atoms. The quantitative estimate of drug-likeness (QED) is 0.908. The molecule has 6 nitrogen and oxygen atoms in total. The topological polar surface area (TPSA) is 66.9 Å². The average Bonchev–Trinajstić information content (AvgIpc) is 2.93. The summed E-state index contributed by atoms with van der Waals surface area (Å²) in [6.07, 6.45) is 6.88. The molecule has 1 aliphatic heterocycles. The van der Waals surface area contributed by atoms with Crippen molar-refractivity contribution in [2.24, 2.45) is 0 Å². The lowest BCUT2D eigenvalue weighted by molar-refractivity contribution is 0.0439. The van der Waals surface area contributed by atoms with Gasteiger partial charge in [0.2, 0.25) is 0 Å². The summed E-state index contributed by atoms with van der Waals surface area (Å²) < 4.78 is 5.87. The summed E-state index contributed by atoms with van der Waals surface area (Å²) in [6, 6.07) is 0. The molecule has 0 aliphatic carbocycles. The second kappa shape index (κ2) is 5.52. The third-order valence-corrected chi connectivity index (χ3v) is 3.44. The fourth-order valence-electron chi connectivity index (χ4n) is 2.54. The third kappa shape index (κ3) is 2.53. The summed E-state index contributed by atoms with van der Waals surface area (Å²) >= 11 is 0. The maximum Gasteiger partial charge on any atom is 0.182 e. The van der Waals surface area contributed by atoms with Crippen LogP contribution in [0.25, 0.3) is 11.2 Å². The monoisotopic (exact) mass is 261 g/mol. The van der Waals surface area contributed by atoms with Gasteiger partial charge in [0.1, 0.15) is 11.8 Å². The van der Waals surface area contributed by atoms with Crippen LogP contribution in [0.4, 0.5) is 5.82 Å². The summed E-state index contributed by atoms with van der Waals surface area (Å²) in [7, 11) is 0. The Morgan fingerprint density at radius 1 is 1.42 bits per heavy atom. The van der Waals surface area contributed by atoms with Gasteiger partial charge in [-0.05, 0) is 19.3 Å². The predicted molar refractivity (Wildman–Crippen MR) is 73.2 cm³/mol. The van der Waals surface area contributed by atoms with Crippen LogP contribution in [0.2, 0.25) is 0 Å². The van der Waals surface area contributed by atoms with Crippen molar-refractivity contribution >= 4 is 17.0 Å². The first-order valence-electron chi connectivity index (χ1n) is 6.89. The normalized spacial score (nSPS) is 20.1. The maximum atomic E-state index is 5.87. The molecular weight excluding hydrogens is 242 g/mol. The molecule has 0 amide bonds. The van der Waals surface area contributed by atoms with Crippen LogP contribution in [0.3, 0.4) is 0 Å². The molecule has 19 heavy (non-hydrogen) atoms. The van der Waals surface area contributed by atoms with Gasteiger partial charge in [-0.3, -0.25) is 0 Å². The van der Waals surface area contributed by atoms with E-state index in [1.807, 2.05) is 0 Å². The molecule has 3 rings (SSSR count). The zero-order valence-corrected chi connectivity index (χ0v) is 11.2. The van der Waals surface area contributed by atoms with Crippen molar-refractivity contribution in [2.45, 2.75) is 32.3 Å². The van der Waals surface area contributed by atoms with Crippen molar-refractivity contribution in [3.63, 3.8) is 0 Å². The highest BCUT2D eigenvalue weighted by atomic mass is 16.5. The van der Waals surface area contributed by atoms with E-state index in [1.54, 1.807) is 12.7 Å². The molecule has 0 unspecified atom stereocenters. The Kier molecular flexibility index (Phi) is 3.59. The first-order chi connectivity index (χ1) is 9.38. The number of aromatic nitrogens is 4. The number of H-pyrrole nitrogens is 1. The van der Waals surface area contributed by atoms with Gasteiger partial charge in [0, 0.05) is 19.7 Å². The maximum absolute atomic E-state index is 5.87. The summed E-state index contributed by atoms with van der Waals surface area (Å²) in [5.41, 5.74) is 1.64. The summed E-state index contributed by atoms with van der Waals surface area (Å²) in [6.45, 7) is 4.88. The Bertz CT molecular complexity index is 541. The molecule has 1 fully saturated rings. The van der Waals surface area contributed by atoms with E-state index in [0.717, 1.165) is 55.9 Å². The highest BCUT2D eigenvalue weighted by Crippen LogP contribution is 2.24. The second-order valence-corrected chi connectivity index (χ2v) is 4.88. The minimum Gasteiger partial charge on any atom is -0.376 e. The van der Waals surface area contributed by atoms with Crippen molar-refractivity contribution < 1.29 is 4.74 Å². The van der Waals surface area contributed by atoms with E-state index in [0.29, 0.717) is 6.10 Å². The average molecular weight is 261 g/mol. The molecule has 3 heterocycles. The van der Waals surface area contributed by atoms with Crippen LogP contribution in [0.15, 0.2) is 12.7 Å². The van der Waals surface area contributed by atoms with Crippen molar-refractivity contribution in [2.75, 3.05) is 24.6 Å². The van der Waals surface area contributed by atoms with Crippen LogP contribution in [-0.4, -0.2) is 45.7 Å². The molecule has 0 spiro atoms. The van der Waals surface area contributed by atoms with Crippen LogP contribution in [0.1, 0.15) is 26.2 Å². The fourth-order valence-corrected chi connectivity index (χ4v) is 2.54. The molecule has 2 aromatic heterocycles. The van der Waals surface area contributed by atoms with Crippen LogP contribution >= 0.6 is 0 Å². The van der Waals surface area contributed by atoms with Gasteiger partial charge in [0.25, 0.3) is 0 Å². The van der Waals surface area contributed by atoms with Crippen LogP contribution in [0, 0.1) is 0 Å². The summed E-state index contributed by atoms with van der Waals surface area (Å²) in [4.78, 5) is 18.1. The largest absolute Gasteiger partial charge is 0.376 e. The molecule has 1 saturated heterocycles. The number of ether oxygens (including phenoxy) is 1. The van der Waals surface area contributed by atoms with E-state index in [-0.39, 0.29) is 0 Å². The van der Waals surface area contributed by atoms with Gasteiger partial charge in [-0.2, -0.15) is 0 Å². The van der Waals surface area contributed by atoms with Crippen molar-refractivity contribution in [3.8, 4) is 0 Å². The highest BCUT2D eigenvalue weighted by Gasteiger charge is 2.23. The van der Waals surface area contributed by atoms with Crippen LogP contribution in [-0.2, 0) is 4.74 Å². The zero-order valence-electron chi connectivity index (χ0n) is 11.2. The number of piperidine rings is 1. The zero-order chi connectivity index (χ0) is 13.1. The van der Waals surface area contributed by atoms with Crippen molar-refractivity contribution in [1.82, 2.24) is 19.9 Å². The van der Waals surface area contributed by atoms with E-state index in [2.05, 4.69) is 31.8 Å². The number of rotatable bonds is 4. The molecule has 0 aromatic carbocycles. The molecule has 6 heteroatoms. The molecule has 2 aromatic rings. The van der Waals surface area contributed by atoms with Crippen LogP contribution in [0.5, 0.6) is 0 Å². The molecule has 0 radical (unpaired) electrons. The van der Waals surface area contributed by atoms with Gasteiger partial charge in [-0.1, -0.05) is 6.92 Å². The standard InChI is InChI=1S/C13H19N5O/c1-2-6-19-10-4-3-5-18(7-10)13-11-12(15-8-14-11)16-9-17-13/h8-10H,2-7H2,1H3,(H,14,15,16,17)/t10-/m0/s1. The SMILES string of the molecule is CCCO[C@H]1CCCN(c2ncnc3nc[nH]c23)C1. The Hall–Kier alpha value is -1.69. The highest BCUT2D eigenvalue weighted by molar-refractivity contribution is 5.82. The van der Waals surface area contributed by atoms with Gasteiger partial charge in [0.05, 0.1) is 12.4 Å². The number of aromatic amines is 1. The Balaban J connectivity index is 1.79. The van der Waals surface area contributed by atoms with E-state index in [1.165, 1.54) is 0 Å². The first kappa shape index (κ1) is 12.3. The number of nitrogens with zero attached hydrogens (tertiary/aromatic N) is 4. The predicted octanol–water partition coefficient (Wildman–Crippen LogP) is 1.75. The third-order valence-electron chi connectivity index (χ3n) is 3.44. The molecule has 1 aliphatic rings. The van der Waals surface area contributed by atoms with Gasteiger partial charge in [-0.25, -0.2) is 15.0 Å². The smallest absolute Gasteiger partial charge is 0.182 e. The van der Waals surface area contributed by atoms with E-state index >= 15 is 0 Å². The Morgan fingerprint density at radius 3 is 3.26 bits per heavy atom. The minimum absolute atomic E-state index is 0.307. The number of hydrogen-bond donors (Lipinski definition) is 1. The lowest BCUT2D eigenvalue weighted by atomic mass is 10.1. The van der Waals surface area contributed by atoms with Crippen molar-refractivity contribution in [3.05, 3.63) is 12.7 Å². The van der Waals surface area contributed by atoms with E-state index < -0.39 is 0 Å². The lowest BCUT2D eigenvalue weighted by Gasteiger charge is -2.33. The second-order valence-electron chi connectivity index (χ2n) is 4.88. The van der Waals surface area contributed by atoms with E-state index in [9.17, 15) is 0 Å². The van der Waals surface area contributed by atoms with E-state index in [4.69, 9.17) is 4.74 Å².